The van der Waals surface area contributed by atoms with Gasteiger partial charge in [-0.15, -0.1) is 0 Å². The van der Waals surface area contributed by atoms with E-state index < -0.39 is 39.9 Å². The van der Waals surface area contributed by atoms with Crippen LogP contribution in [0.15, 0.2) is 24.4 Å². The fraction of sp³-hybridized carbons (Fsp3) is 0.312. The first-order valence-corrected chi connectivity index (χ1v) is 13.3. The van der Waals surface area contributed by atoms with E-state index in [1.54, 1.807) is 6.20 Å². The van der Waals surface area contributed by atoms with Gasteiger partial charge >= 0.3 is 159 Å². The zero-order valence-electron chi connectivity index (χ0n) is 13.0. The van der Waals surface area contributed by atoms with Crippen LogP contribution in [-0.4, -0.2) is 47.0 Å². The number of benzene rings is 1. The van der Waals surface area contributed by atoms with Crippen LogP contribution in [0.5, 0.6) is 0 Å². The number of alkyl halides is 1. The van der Waals surface area contributed by atoms with E-state index in [-0.39, 0.29) is 25.4 Å². The number of nitrogens with one attached hydrogen (secondary N) is 2. The molecule has 3 rings (SSSR count). The molecule has 1 radical (unpaired) electrons. The fourth-order valence-electron chi connectivity index (χ4n) is 2.87. The summed E-state index contributed by atoms with van der Waals surface area (Å²) in [4.78, 5) is 28.8. The average molecular weight is 556 g/mol. The molecule has 2 unspecified atom stereocenters. The molecule has 1 aliphatic rings. The Balaban J connectivity index is 1.69. The van der Waals surface area contributed by atoms with E-state index in [9.17, 15) is 14.0 Å². The molecule has 2 aromatic rings. The van der Waals surface area contributed by atoms with Crippen molar-refractivity contribution in [1.29, 1.82) is 5.26 Å². The number of hydrogen-bond donors (Lipinski definition) is 3. The number of aromatic nitrogens is 1. The van der Waals surface area contributed by atoms with Gasteiger partial charge in [0.1, 0.15) is 0 Å². The van der Waals surface area contributed by atoms with Crippen molar-refractivity contribution in [1.82, 2.24) is 15.2 Å². The summed E-state index contributed by atoms with van der Waals surface area (Å²) in [6, 6.07) is 6.98. The van der Waals surface area contributed by atoms with E-state index in [0.717, 1.165) is 14.2 Å². The molecule has 6 nitrogen and oxygen atoms in total. The van der Waals surface area contributed by atoms with Gasteiger partial charge in [-0.25, -0.2) is 0 Å². The van der Waals surface area contributed by atoms with Crippen LogP contribution >= 0.6 is 9.39 Å². The number of H-pyrrole nitrogens is 1. The SMILES string of the molecule is N#CC1CC(F)CN1C(=O)CNC(=O)c1c[nH]c2ccc([At]S)cc12. The Kier molecular flexibility index (Phi) is 5.60. The third kappa shape index (κ3) is 3.80. The number of nitriles is 1. The molecule has 1 saturated heterocycles. The Bertz CT molecular complexity index is 865. The van der Waals surface area contributed by atoms with Crippen molar-refractivity contribution in [3.63, 3.8) is 0 Å². The normalized spacial score (nSPS) is 19.8. The summed E-state index contributed by atoms with van der Waals surface area (Å²) in [5, 5.41) is 12.3. The van der Waals surface area contributed by atoms with Gasteiger partial charge in [0.25, 0.3) is 0 Å². The van der Waals surface area contributed by atoms with Gasteiger partial charge in [0.2, 0.25) is 0 Å². The van der Waals surface area contributed by atoms with E-state index in [2.05, 4.69) is 19.7 Å². The monoisotopic (exact) mass is 556 g/mol. The molecular weight excluding hydrogens is 541 g/mol. The van der Waals surface area contributed by atoms with Crippen LogP contribution in [0.2, 0.25) is 0 Å². The minimum absolute atomic E-state index is 0.0232. The summed E-state index contributed by atoms with van der Waals surface area (Å²) in [6.07, 6.45) is 0.429. The van der Waals surface area contributed by atoms with E-state index in [1.165, 1.54) is 4.90 Å². The number of amides is 2. The summed E-state index contributed by atoms with van der Waals surface area (Å²) < 4.78 is 14.5. The van der Waals surface area contributed by atoms with Crippen molar-refractivity contribution in [3.8, 4) is 6.07 Å². The van der Waals surface area contributed by atoms with E-state index >= 15 is 0 Å². The summed E-state index contributed by atoms with van der Waals surface area (Å²) in [5.74, 6) is -0.840. The molecular formula is C16H15AtFN4O2S. The third-order valence-electron chi connectivity index (χ3n) is 4.11. The van der Waals surface area contributed by atoms with Gasteiger partial charge in [0.15, 0.2) is 0 Å². The summed E-state index contributed by atoms with van der Waals surface area (Å²) >= 11 is -0.762. The number of halogens is 1. The molecule has 2 N–H and O–H groups in total. The quantitative estimate of drug-likeness (QED) is 0.490. The predicted octanol–water partition coefficient (Wildman–Crippen LogP) is 0.915. The van der Waals surface area contributed by atoms with Crippen LogP contribution in [0.25, 0.3) is 10.9 Å². The summed E-state index contributed by atoms with van der Waals surface area (Å²) in [7, 11) is 4.38. The maximum absolute atomic E-state index is 13.4. The second kappa shape index (κ2) is 7.71. The Morgan fingerprint density at radius 2 is 2.32 bits per heavy atom. The molecule has 9 heteroatoms. The number of carbonyl (C=O) groups is 2. The van der Waals surface area contributed by atoms with E-state index in [4.69, 9.17) is 5.26 Å². The fourth-order valence-corrected chi connectivity index (χ4v) is 4.87. The van der Waals surface area contributed by atoms with Crippen molar-refractivity contribution >= 4 is 35.4 Å². The van der Waals surface area contributed by atoms with Crippen molar-refractivity contribution in [2.24, 2.45) is 0 Å². The molecule has 1 aromatic heterocycles. The second-order valence-electron chi connectivity index (χ2n) is 5.68. The molecule has 25 heavy (non-hydrogen) atoms. The third-order valence-corrected chi connectivity index (χ3v) is 7.49. The minimum atomic E-state index is -1.19. The molecule has 1 aliphatic heterocycles. The predicted molar refractivity (Wildman–Crippen MR) is 89.9 cm³/mol. The molecule has 0 spiro atoms. The first-order chi connectivity index (χ1) is 12.0. The van der Waals surface area contributed by atoms with Crippen molar-refractivity contribution in [2.75, 3.05) is 13.1 Å². The van der Waals surface area contributed by atoms with Gasteiger partial charge in [-0.2, -0.15) is 0 Å². The summed E-state index contributed by atoms with van der Waals surface area (Å²) in [6.45, 7) is -0.366. The van der Waals surface area contributed by atoms with Gasteiger partial charge < -0.3 is 0 Å². The number of thiol groups is 1. The van der Waals surface area contributed by atoms with Gasteiger partial charge in [-0.3, -0.25) is 0 Å². The number of aromatic amines is 1. The Hall–Kier alpha value is -1.65. The molecule has 1 aromatic carbocycles. The second-order valence-corrected chi connectivity index (χ2v) is 9.52. The van der Waals surface area contributed by atoms with Crippen LogP contribution < -0.4 is 8.59 Å². The molecule has 2 amide bonds. The number of nitrogens with zero attached hydrogens (tertiary/aromatic N) is 2. The zero-order valence-corrected chi connectivity index (χ0v) is 16.8. The number of carbonyl (C=O) groups excluding carboxylic acids is 2. The Morgan fingerprint density at radius 3 is 3.04 bits per heavy atom. The number of rotatable bonds is 4. The maximum atomic E-state index is 13.4. The van der Waals surface area contributed by atoms with Crippen LogP contribution in [0, 0.1) is 33.1 Å². The van der Waals surface area contributed by atoms with Gasteiger partial charge in [0, 0.05) is 0 Å². The zero-order chi connectivity index (χ0) is 18.0. The molecule has 0 saturated carbocycles. The van der Waals surface area contributed by atoms with Gasteiger partial charge in [0.05, 0.1) is 0 Å². The van der Waals surface area contributed by atoms with E-state index in [1.807, 2.05) is 24.3 Å². The van der Waals surface area contributed by atoms with Gasteiger partial charge in [-0.1, -0.05) is 0 Å². The standard InChI is InChI=1S/C16H15AtFN4O2S/c18-10-4-11(5-19)22(8-10)15(23)7-21-16(24)13-6-20-14-2-1-9(17-25)3-12(13)14/h1-3,6,10-11,20,25H,4,7-8H2,(H,21,24). The Labute approximate surface area is 159 Å². The van der Waals surface area contributed by atoms with E-state index in [0.29, 0.717) is 5.56 Å². The number of hydrogen-bond acceptors (Lipinski definition) is 4. The van der Waals surface area contributed by atoms with Crippen molar-refractivity contribution in [3.05, 3.63) is 30.0 Å². The molecule has 2 heterocycles. The van der Waals surface area contributed by atoms with Crippen molar-refractivity contribution in [2.45, 2.75) is 18.6 Å². The van der Waals surface area contributed by atoms with Crippen LogP contribution in [-0.2, 0) is 4.79 Å². The first kappa shape index (κ1) is 18.2. The molecule has 2 atom stereocenters. The van der Waals surface area contributed by atoms with Crippen molar-refractivity contribution < 1.29 is 35.8 Å². The molecule has 0 aliphatic carbocycles. The first-order valence-electron chi connectivity index (χ1n) is 7.54. The Morgan fingerprint density at radius 1 is 1.52 bits per heavy atom. The average Bonchev–Trinajstić information content (AvgIpc) is 3.21. The molecule has 1 fully saturated rings. The molecule has 131 valence electrons. The van der Waals surface area contributed by atoms with Crippen LogP contribution in [0.1, 0.15) is 16.8 Å². The van der Waals surface area contributed by atoms with Crippen LogP contribution in [0.4, 0.5) is 4.39 Å². The topological polar surface area (TPSA) is 89.0 Å². The summed E-state index contributed by atoms with van der Waals surface area (Å²) in [5.41, 5.74) is 1.28. The number of fused-ring (bicyclic) bond motifs is 1. The van der Waals surface area contributed by atoms with Crippen LogP contribution in [0.3, 0.4) is 0 Å². The van der Waals surface area contributed by atoms with Gasteiger partial charge in [-0.05, 0) is 0 Å². The number of likely N-dealkylation sites (tertiary alicyclic amines) is 1. The molecule has 0 bridgehead atoms.